The highest BCUT2D eigenvalue weighted by Gasteiger charge is 2.30. The molecule has 38 heavy (non-hydrogen) atoms. The summed E-state index contributed by atoms with van der Waals surface area (Å²) in [6.45, 7) is 1.82. The Morgan fingerprint density at radius 3 is 2.24 bits per heavy atom. The van der Waals surface area contributed by atoms with Crippen LogP contribution in [0.1, 0.15) is 15.9 Å². The van der Waals surface area contributed by atoms with Crippen molar-refractivity contribution in [2.75, 3.05) is 47.8 Å². The Kier molecular flexibility index (Phi) is 8.43. The van der Waals surface area contributed by atoms with Crippen molar-refractivity contribution in [2.45, 2.75) is 12.5 Å². The van der Waals surface area contributed by atoms with Gasteiger partial charge in [-0.1, -0.05) is 48.0 Å². The maximum atomic E-state index is 13.7. The normalized spacial score (nSPS) is 14.6. The first-order valence-corrected chi connectivity index (χ1v) is 14.4. The Labute approximate surface area is 227 Å². The minimum Gasteiger partial charge on any atom is -0.398 e. The number of carbonyl (C=O) groups is 2. The van der Waals surface area contributed by atoms with Gasteiger partial charge in [0.15, 0.2) is 0 Å². The molecule has 0 spiro atoms. The van der Waals surface area contributed by atoms with Crippen molar-refractivity contribution in [1.29, 1.82) is 0 Å². The van der Waals surface area contributed by atoms with Crippen molar-refractivity contribution in [2.24, 2.45) is 0 Å². The van der Waals surface area contributed by atoms with Crippen LogP contribution in [-0.2, 0) is 21.2 Å². The summed E-state index contributed by atoms with van der Waals surface area (Å²) in [5.41, 5.74) is 8.72. The van der Waals surface area contributed by atoms with Crippen LogP contribution in [0.15, 0.2) is 72.8 Å². The monoisotopic (exact) mass is 555 g/mol. The van der Waals surface area contributed by atoms with Gasteiger partial charge in [0.05, 0.1) is 23.2 Å². The number of nitrogens with one attached hydrogen (secondary N) is 2. The summed E-state index contributed by atoms with van der Waals surface area (Å²) in [5.74, 6) is -0.625. The van der Waals surface area contributed by atoms with Crippen molar-refractivity contribution < 1.29 is 18.0 Å². The van der Waals surface area contributed by atoms with Crippen LogP contribution in [0.5, 0.6) is 0 Å². The van der Waals surface area contributed by atoms with Crippen molar-refractivity contribution in [3.8, 4) is 0 Å². The molecule has 1 aliphatic heterocycles. The van der Waals surface area contributed by atoms with Crippen molar-refractivity contribution in [1.82, 2.24) is 10.2 Å². The number of nitrogens with two attached hydrogens (primary N) is 1. The van der Waals surface area contributed by atoms with Crippen LogP contribution in [0.2, 0.25) is 5.02 Å². The van der Waals surface area contributed by atoms with E-state index < -0.39 is 22.0 Å². The number of halogens is 1. The van der Waals surface area contributed by atoms with Crippen LogP contribution in [0.3, 0.4) is 0 Å². The lowest BCUT2D eigenvalue weighted by molar-refractivity contribution is -0.133. The fourth-order valence-electron chi connectivity index (χ4n) is 4.42. The highest BCUT2D eigenvalue weighted by atomic mass is 35.5. The van der Waals surface area contributed by atoms with E-state index in [-0.39, 0.29) is 12.3 Å². The molecule has 1 heterocycles. The summed E-state index contributed by atoms with van der Waals surface area (Å²) in [6, 6.07) is 20.2. The molecular weight excluding hydrogens is 526 g/mol. The Morgan fingerprint density at radius 1 is 0.947 bits per heavy atom. The van der Waals surface area contributed by atoms with E-state index in [1.807, 2.05) is 29.2 Å². The van der Waals surface area contributed by atoms with Crippen LogP contribution >= 0.6 is 11.6 Å². The van der Waals surface area contributed by atoms with Gasteiger partial charge in [-0.2, -0.15) is 0 Å². The molecule has 3 aromatic carbocycles. The van der Waals surface area contributed by atoms with Crippen molar-refractivity contribution in [3.05, 3.63) is 88.9 Å². The van der Waals surface area contributed by atoms with Gasteiger partial charge in [0.1, 0.15) is 6.04 Å². The zero-order valence-corrected chi connectivity index (χ0v) is 22.5. The second-order valence-electron chi connectivity index (χ2n) is 9.15. The van der Waals surface area contributed by atoms with Crippen LogP contribution in [0.4, 0.5) is 17.1 Å². The molecule has 4 rings (SSSR count). The van der Waals surface area contributed by atoms with Gasteiger partial charge >= 0.3 is 0 Å². The molecule has 4 N–H and O–H groups in total. The number of sulfonamides is 1. The van der Waals surface area contributed by atoms with Gasteiger partial charge in [-0.3, -0.25) is 14.3 Å². The van der Waals surface area contributed by atoms with Gasteiger partial charge in [-0.15, -0.1) is 0 Å². The van der Waals surface area contributed by atoms with Crippen LogP contribution in [0.25, 0.3) is 0 Å². The molecule has 1 fully saturated rings. The van der Waals surface area contributed by atoms with E-state index in [1.54, 1.807) is 53.4 Å². The maximum Gasteiger partial charge on any atom is 0.254 e. The van der Waals surface area contributed by atoms with Gasteiger partial charge in [0, 0.05) is 43.3 Å². The van der Waals surface area contributed by atoms with Gasteiger partial charge in [0.25, 0.3) is 5.91 Å². The predicted octanol–water partition coefficient (Wildman–Crippen LogP) is 2.98. The molecule has 0 radical (unpaired) electrons. The molecule has 1 saturated heterocycles. The number of rotatable bonds is 8. The minimum atomic E-state index is -3.44. The fourth-order valence-corrected chi connectivity index (χ4v) is 5.12. The smallest absolute Gasteiger partial charge is 0.254 e. The molecule has 9 nitrogen and oxygen atoms in total. The number of carbonyl (C=O) groups excluding carboxylic acids is 2. The first-order chi connectivity index (χ1) is 18.1. The SMILES string of the molecule is CS(=O)(=O)Nc1ccccc1N1CCN(C(=O)C(Cc2ccc(Cl)cc2)NC(=O)c2ccccc2N)CC1. The number of hydrogen-bond acceptors (Lipinski definition) is 6. The fraction of sp³-hybridized carbons (Fsp3) is 0.259. The van der Waals surface area contributed by atoms with Crippen LogP contribution in [0, 0.1) is 0 Å². The molecule has 1 atom stereocenters. The first-order valence-electron chi connectivity index (χ1n) is 12.1. The molecule has 0 bridgehead atoms. The number of benzene rings is 3. The molecule has 200 valence electrons. The van der Waals surface area contributed by atoms with Crippen LogP contribution < -0.4 is 20.7 Å². The number of piperazine rings is 1. The second kappa shape index (κ2) is 11.7. The maximum absolute atomic E-state index is 13.7. The van der Waals surface area contributed by atoms with E-state index >= 15 is 0 Å². The quantitative estimate of drug-likeness (QED) is 0.367. The minimum absolute atomic E-state index is 0.204. The molecule has 1 unspecified atom stereocenters. The summed E-state index contributed by atoms with van der Waals surface area (Å²) < 4.78 is 26.2. The van der Waals surface area contributed by atoms with E-state index in [0.717, 1.165) is 17.5 Å². The number of anilines is 3. The number of nitrogen functional groups attached to an aromatic ring is 1. The second-order valence-corrected chi connectivity index (χ2v) is 11.3. The predicted molar refractivity (Wildman–Crippen MR) is 151 cm³/mol. The average Bonchev–Trinajstić information content (AvgIpc) is 2.89. The van der Waals surface area contributed by atoms with E-state index in [0.29, 0.717) is 48.1 Å². The summed E-state index contributed by atoms with van der Waals surface area (Å²) in [7, 11) is -3.44. The zero-order valence-electron chi connectivity index (χ0n) is 20.9. The van der Waals surface area contributed by atoms with Gasteiger partial charge in [0.2, 0.25) is 15.9 Å². The number of hydrogen-bond donors (Lipinski definition) is 3. The zero-order chi connectivity index (χ0) is 27.3. The third-order valence-corrected chi connectivity index (χ3v) is 7.14. The van der Waals surface area contributed by atoms with E-state index in [4.69, 9.17) is 17.3 Å². The topological polar surface area (TPSA) is 125 Å². The molecule has 0 aromatic heterocycles. The van der Waals surface area contributed by atoms with E-state index in [9.17, 15) is 18.0 Å². The Hall–Kier alpha value is -3.76. The third kappa shape index (κ3) is 6.96. The molecule has 3 aromatic rings. The molecular formula is C27H30ClN5O4S. The molecule has 11 heteroatoms. The number of nitrogens with zero attached hydrogens (tertiary/aromatic N) is 2. The molecule has 2 amide bonds. The summed E-state index contributed by atoms with van der Waals surface area (Å²) in [6.07, 6.45) is 1.40. The summed E-state index contributed by atoms with van der Waals surface area (Å²) >= 11 is 6.02. The Bertz CT molecular complexity index is 1410. The summed E-state index contributed by atoms with van der Waals surface area (Å²) in [4.78, 5) is 30.5. The largest absolute Gasteiger partial charge is 0.398 e. The number of amides is 2. The average molecular weight is 556 g/mol. The third-order valence-electron chi connectivity index (χ3n) is 6.29. The lowest BCUT2D eigenvalue weighted by Crippen LogP contribution is -2.55. The van der Waals surface area contributed by atoms with Gasteiger partial charge < -0.3 is 20.9 Å². The van der Waals surface area contributed by atoms with Gasteiger partial charge in [-0.25, -0.2) is 8.42 Å². The van der Waals surface area contributed by atoms with Crippen molar-refractivity contribution in [3.63, 3.8) is 0 Å². The number of para-hydroxylation sites is 3. The Balaban J connectivity index is 1.49. The first kappa shape index (κ1) is 27.3. The van der Waals surface area contributed by atoms with Crippen molar-refractivity contribution >= 4 is 50.5 Å². The van der Waals surface area contributed by atoms with E-state index in [1.165, 1.54) is 0 Å². The molecule has 1 aliphatic rings. The Morgan fingerprint density at radius 2 is 1.58 bits per heavy atom. The van der Waals surface area contributed by atoms with Crippen LogP contribution in [-0.4, -0.2) is 63.6 Å². The summed E-state index contributed by atoms with van der Waals surface area (Å²) in [5, 5.41) is 3.46. The highest BCUT2D eigenvalue weighted by molar-refractivity contribution is 7.92. The lowest BCUT2D eigenvalue weighted by atomic mass is 10.0. The van der Waals surface area contributed by atoms with Gasteiger partial charge in [-0.05, 0) is 42.0 Å². The highest BCUT2D eigenvalue weighted by Crippen LogP contribution is 2.27. The van der Waals surface area contributed by atoms with E-state index in [2.05, 4.69) is 10.0 Å². The standard InChI is InChI=1S/C27H30ClN5O4S/c1-38(36,37)31-23-8-4-5-9-25(23)32-14-16-33(17-15-32)27(35)24(18-19-10-12-20(28)13-11-19)30-26(34)21-6-2-3-7-22(21)29/h2-13,24,31H,14-18,29H2,1H3,(H,30,34). The molecule has 0 saturated carbocycles. The lowest BCUT2D eigenvalue weighted by Gasteiger charge is -2.38. The molecule has 0 aliphatic carbocycles.